The molecule has 0 N–H and O–H groups in total. The van der Waals surface area contributed by atoms with Crippen LogP contribution < -0.4 is 4.90 Å². The van der Waals surface area contributed by atoms with Gasteiger partial charge in [-0.1, -0.05) is 25.8 Å². The van der Waals surface area contributed by atoms with Gasteiger partial charge in [0.25, 0.3) is 0 Å². The highest BCUT2D eigenvalue weighted by Gasteiger charge is 2.28. The zero-order valence-electron chi connectivity index (χ0n) is 21.0. The summed E-state index contributed by atoms with van der Waals surface area (Å²) in [5.41, 5.74) is 5.08. The van der Waals surface area contributed by atoms with Crippen LogP contribution in [0.4, 0.5) is 5.69 Å². The molecule has 194 valence electrons. The average molecular weight is 640 g/mol. The molecule has 1 aromatic carbocycles. The van der Waals surface area contributed by atoms with Crippen molar-refractivity contribution in [1.29, 1.82) is 5.26 Å². The van der Waals surface area contributed by atoms with E-state index >= 15 is 0 Å². The highest BCUT2D eigenvalue weighted by Crippen LogP contribution is 2.40. The van der Waals surface area contributed by atoms with Gasteiger partial charge >= 0.3 is 0 Å². The normalized spacial score (nSPS) is 19.7. The van der Waals surface area contributed by atoms with Crippen molar-refractivity contribution in [2.24, 2.45) is 0 Å². The summed E-state index contributed by atoms with van der Waals surface area (Å²) >= 11 is 2.29. The van der Waals surface area contributed by atoms with E-state index < -0.39 is 11.0 Å². The summed E-state index contributed by atoms with van der Waals surface area (Å²) in [5.74, 6) is 0. The molecule has 2 unspecified atom stereocenters. The van der Waals surface area contributed by atoms with Gasteiger partial charge in [0, 0.05) is 86.4 Å². The first kappa shape index (κ1) is 27.5. The van der Waals surface area contributed by atoms with E-state index in [0.717, 1.165) is 93.4 Å². The third kappa shape index (κ3) is 5.79. The second-order valence-electron chi connectivity index (χ2n) is 9.48. The third-order valence-corrected chi connectivity index (χ3v) is 10.1. The van der Waals surface area contributed by atoms with E-state index in [1.165, 1.54) is 5.57 Å². The molecule has 36 heavy (non-hydrogen) atoms. The fourth-order valence-electron chi connectivity index (χ4n) is 5.36. The molecule has 1 fully saturated rings. The number of hydrogen-bond donors (Lipinski definition) is 0. The number of nitriles is 1. The molecular formula is C26H34IN5O2S2. The Morgan fingerprint density at radius 2 is 2.17 bits per heavy atom. The minimum absolute atomic E-state index is 0.209. The van der Waals surface area contributed by atoms with Gasteiger partial charge in [0.05, 0.1) is 27.8 Å². The van der Waals surface area contributed by atoms with Crippen molar-refractivity contribution in [3.8, 4) is 6.07 Å². The molecule has 1 aromatic heterocycles. The van der Waals surface area contributed by atoms with Gasteiger partial charge in [0.1, 0.15) is 6.07 Å². The Bertz CT molecular complexity index is 1190. The van der Waals surface area contributed by atoms with Crippen LogP contribution in [0.15, 0.2) is 24.3 Å². The maximum absolute atomic E-state index is 11.9. The molecule has 2 aliphatic rings. The predicted octanol–water partition coefficient (Wildman–Crippen LogP) is 5.36. The van der Waals surface area contributed by atoms with Gasteiger partial charge in [0.15, 0.2) is 0 Å². The summed E-state index contributed by atoms with van der Waals surface area (Å²) in [5, 5.41) is 11.0. The summed E-state index contributed by atoms with van der Waals surface area (Å²) in [6.45, 7) is 6.17. The Hall–Kier alpha value is -1.55. The molecule has 1 amide bonds. The lowest BCUT2D eigenvalue weighted by Gasteiger charge is -2.39. The van der Waals surface area contributed by atoms with Crippen LogP contribution in [-0.2, 0) is 15.8 Å². The first-order valence-electron chi connectivity index (χ1n) is 12.6. The zero-order chi connectivity index (χ0) is 25.7. The molecule has 1 saturated heterocycles. The lowest BCUT2D eigenvalue weighted by Crippen LogP contribution is -2.48. The monoisotopic (exact) mass is 639 g/mol. The minimum atomic E-state index is -0.972. The number of benzene rings is 1. The van der Waals surface area contributed by atoms with Crippen LogP contribution in [0.25, 0.3) is 16.5 Å². The number of carbonyl (C=O) groups excluding carboxylic acids is 1. The van der Waals surface area contributed by atoms with E-state index in [1.807, 2.05) is 15.3 Å². The van der Waals surface area contributed by atoms with Crippen LogP contribution in [0, 0.1) is 11.3 Å². The van der Waals surface area contributed by atoms with Crippen molar-refractivity contribution < 1.29 is 9.00 Å². The van der Waals surface area contributed by atoms with Crippen LogP contribution in [0.3, 0.4) is 0 Å². The average Bonchev–Trinajstić information content (AvgIpc) is 3.30. The number of rotatable bonds is 10. The lowest BCUT2D eigenvalue weighted by molar-refractivity contribution is -0.120. The van der Waals surface area contributed by atoms with Crippen molar-refractivity contribution in [2.75, 3.05) is 43.9 Å². The second kappa shape index (κ2) is 12.8. The number of halogens is 1. The number of anilines is 1. The number of amides is 1. The third-order valence-electron chi connectivity index (χ3n) is 7.31. The summed E-state index contributed by atoms with van der Waals surface area (Å²) in [6.07, 6.45) is 11.1. The highest BCUT2D eigenvalue weighted by atomic mass is 127. The summed E-state index contributed by atoms with van der Waals surface area (Å²) in [4.78, 5) is 16.3. The molecule has 2 aromatic rings. The van der Waals surface area contributed by atoms with E-state index in [9.17, 15) is 14.3 Å². The fourth-order valence-corrected chi connectivity index (χ4v) is 7.73. The van der Waals surface area contributed by atoms with Gasteiger partial charge in [0.2, 0.25) is 6.41 Å². The smallest absolute Gasteiger partial charge is 0.210 e. The Morgan fingerprint density at radius 1 is 1.33 bits per heavy atom. The highest BCUT2D eigenvalue weighted by molar-refractivity contribution is 14.2. The molecule has 0 radical (unpaired) electrons. The maximum Gasteiger partial charge on any atom is 0.210 e. The maximum atomic E-state index is 11.9. The largest absolute Gasteiger partial charge is 0.369 e. The molecule has 4 rings (SSSR count). The molecule has 7 nitrogen and oxygen atoms in total. The molecule has 3 heterocycles. The number of carbonyl (C=O) groups is 1. The number of aromatic nitrogens is 1. The Kier molecular flexibility index (Phi) is 9.77. The van der Waals surface area contributed by atoms with Crippen LogP contribution in [0.5, 0.6) is 0 Å². The van der Waals surface area contributed by atoms with Crippen molar-refractivity contribution >= 4 is 69.9 Å². The first-order valence-corrected chi connectivity index (χ1v) is 17.5. The topological polar surface area (TPSA) is 72.6 Å². The van der Waals surface area contributed by atoms with Crippen molar-refractivity contribution in [2.45, 2.75) is 51.5 Å². The molecule has 0 saturated carbocycles. The van der Waals surface area contributed by atoms with Crippen molar-refractivity contribution in [3.05, 3.63) is 35.5 Å². The summed E-state index contributed by atoms with van der Waals surface area (Å²) in [7, 11) is 0.613. The van der Waals surface area contributed by atoms with Crippen LogP contribution >= 0.6 is 30.3 Å². The summed E-state index contributed by atoms with van der Waals surface area (Å²) < 4.78 is 16.0. The van der Waals surface area contributed by atoms with Crippen LogP contribution in [-0.4, -0.2) is 68.8 Å². The number of nitrogens with zero attached hydrogens (tertiary/aromatic N) is 5. The van der Waals surface area contributed by atoms with Gasteiger partial charge < -0.3 is 9.80 Å². The Labute approximate surface area is 233 Å². The Balaban J connectivity index is 1.69. The van der Waals surface area contributed by atoms with Crippen molar-refractivity contribution in [3.63, 3.8) is 0 Å². The van der Waals surface area contributed by atoms with E-state index in [1.54, 1.807) is 15.4 Å². The molecule has 10 heteroatoms. The number of piperidine rings is 1. The first-order chi connectivity index (χ1) is 17.5. The van der Waals surface area contributed by atoms with Gasteiger partial charge in [-0.2, -0.15) is 5.26 Å². The number of fused-ring (bicyclic) bond motifs is 1. The molecule has 0 spiro atoms. The molecule has 0 bridgehead atoms. The van der Waals surface area contributed by atoms with Gasteiger partial charge in [-0.25, -0.2) is 8.51 Å². The van der Waals surface area contributed by atoms with E-state index in [2.05, 4.69) is 61.3 Å². The summed E-state index contributed by atoms with van der Waals surface area (Å²) in [6, 6.07) is 8.85. The molecule has 0 aliphatic carbocycles. The predicted molar refractivity (Wildman–Crippen MR) is 159 cm³/mol. The standard InChI is InChI=1S/C26H34IN5O2S2/c1-3-4-5-12-30(19-33)22-7-6-13-29(18-22)24-9-8-21(17-28)26-23(24)16-25(32(26)35-27)20-10-14-31(15-11-20)36(2)34/h8-10,16,19,22H,3-7,11-15,18H2,1-2H3. The van der Waals surface area contributed by atoms with E-state index in [4.69, 9.17) is 0 Å². The van der Waals surface area contributed by atoms with E-state index in [0.29, 0.717) is 12.1 Å². The number of unbranched alkanes of at least 4 members (excludes halogenated alkanes) is 2. The van der Waals surface area contributed by atoms with Gasteiger partial charge in [-0.15, -0.1) is 0 Å². The number of hydrogen-bond acceptors (Lipinski definition) is 5. The lowest BCUT2D eigenvalue weighted by atomic mass is 10.0. The zero-order valence-corrected chi connectivity index (χ0v) is 24.8. The van der Waals surface area contributed by atoms with E-state index in [-0.39, 0.29) is 6.04 Å². The SMILES string of the molecule is CCCCCN(C=O)C1CCCN(c2ccc(C#N)c3c2cc(C2=CCN(S(C)=O)CC2)n3SI)C1. The quantitative estimate of drug-likeness (QED) is 0.199. The Morgan fingerprint density at radius 3 is 2.81 bits per heavy atom. The molecule has 2 aliphatic heterocycles. The van der Waals surface area contributed by atoms with Crippen molar-refractivity contribution in [1.82, 2.24) is 13.2 Å². The minimum Gasteiger partial charge on any atom is -0.369 e. The van der Waals surface area contributed by atoms with Gasteiger partial charge in [-0.3, -0.25) is 8.77 Å². The fraction of sp³-hybridized carbons (Fsp3) is 0.538. The second-order valence-corrected chi connectivity index (χ2v) is 12.5. The van der Waals surface area contributed by atoms with Crippen LogP contribution in [0.2, 0.25) is 0 Å². The molecule has 2 atom stereocenters. The van der Waals surface area contributed by atoms with Crippen LogP contribution in [0.1, 0.15) is 56.7 Å². The van der Waals surface area contributed by atoms with Gasteiger partial charge in [-0.05, 0) is 49.5 Å². The molecular weight excluding hydrogens is 605 g/mol.